The molecule has 2 aliphatic rings. The van der Waals surface area contributed by atoms with Crippen molar-refractivity contribution in [2.24, 2.45) is 0 Å². The zero-order chi connectivity index (χ0) is 20.0. The van der Waals surface area contributed by atoms with Gasteiger partial charge in [0, 0.05) is 23.9 Å². The zero-order valence-corrected chi connectivity index (χ0v) is 16.5. The topological polar surface area (TPSA) is 99.9 Å². The van der Waals surface area contributed by atoms with E-state index in [2.05, 4.69) is 10.3 Å². The predicted molar refractivity (Wildman–Crippen MR) is 105 cm³/mol. The fourth-order valence-corrected chi connectivity index (χ4v) is 3.95. The van der Waals surface area contributed by atoms with E-state index in [1.54, 1.807) is 16.8 Å². The van der Waals surface area contributed by atoms with E-state index in [1.165, 1.54) is 6.07 Å². The average molecular weight is 392 g/mol. The molecule has 1 aromatic carbocycles. The van der Waals surface area contributed by atoms with Gasteiger partial charge >= 0.3 is 18.9 Å². The van der Waals surface area contributed by atoms with Crippen LogP contribution in [0.2, 0.25) is 0 Å². The van der Waals surface area contributed by atoms with E-state index in [9.17, 15) is 14.7 Å². The van der Waals surface area contributed by atoms with Gasteiger partial charge < -0.3 is 15.2 Å². The maximum absolute atomic E-state index is 12.3. The number of carbonyl (C=O) groups is 2. The van der Waals surface area contributed by atoms with Gasteiger partial charge in [-0.15, -0.1) is 0 Å². The number of aromatic carboxylic acids is 1. The number of aryl methyl sites for hydroxylation is 1. The van der Waals surface area contributed by atoms with Crippen molar-refractivity contribution >= 4 is 24.0 Å². The van der Waals surface area contributed by atoms with Crippen LogP contribution in [0.15, 0.2) is 36.5 Å². The summed E-state index contributed by atoms with van der Waals surface area (Å²) >= 11 is 0. The largest absolute Gasteiger partial charge is 1.00 e. The van der Waals surface area contributed by atoms with Crippen molar-refractivity contribution in [1.82, 2.24) is 20.1 Å². The number of hydrogen-bond acceptors (Lipinski definition) is 5. The van der Waals surface area contributed by atoms with Crippen LogP contribution in [-0.4, -0.2) is 33.2 Å². The quantitative estimate of drug-likeness (QED) is 0.537. The summed E-state index contributed by atoms with van der Waals surface area (Å²) in [6.07, 6.45) is 7.10. The molecule has 1 N–H and O–H groups in total. The van der Waals surface area contributed by atoms with Gasteiger partial charge in [0.25, 0.3) is 5.91 Å². The van der Waals surface area contributed by atoms with Gasteiger partial charge in [-0.25, -0.2) is 0 Å². The molecule has 0 unspecified atom stereocenters. The van der Waals surface area contributed by atoms with Crippen LogP contribution in [0.5, 0.6) is 0 Å². The number of carboxylic acid groups (broad SMARTS) is 1. The van der Waals surface area contributed by atoms with E-state index in [0.717, 1.165) is 46.5 Å². The summed E-state index contributed by atoms with van der Waals surface area (Å²) < 4.78 is 1.81. The Labute approximate surface area is 185 Å². The fourth-order valence-electron chi connectivity index (χ4n) is 3.95. The number of fused-ring (bicyclic) bond motifs is 5. The number of hydrogen-bond donors (Lipinski definition) is 1. The number of pyridine rings is 1. The van der Waals surface area contributed by atoms with E-state index >= 15 is 0 Å². The van der Waals surface area contributed by atoms with E-state index in [-0.39, 0.29) is 30.3 Å². The first-order valence-electron chi connectivity index (χ1n) is 9.47. The van der Waals surface area contributed by atoms with Gasteiger partial charge in [-0.2, -0.15) is 5.10 Å². The Hall–Kier alpha value is -3.14. The van der Waals surface area contributed by atoms with Gasteiger partial charge in [0.2, 0.25) is 0 Å². The molecule has 30 heavy (non-hydrogen) atoms. The molecule has 3 heterocycles. The molecule has 7 nitrogen and oxygen atoms in total. The Balaban J connectivity index is 0.00000218. The van der Waals surface area contributed by atoms with Crippen LogP contribution >= 0.6 is 0 Å². The Morgan fingerprint density at radius 1 is 1.20 bits per heavy atom. The van der Waals surface area contributed by atoms with E-state index in [0.29, 0.717) is 18.8 Å². The average Bonchev–Trinajstić information content (AvgIpc) is 3.13. The Morgan fingerprint density at radius 3 is 2.90 bits per heavy atom. The molecule has 2 aromatic heterocycles. The van der Waals surface area contributed by atoms with Gasteiger partial charge in [0.15, 0.2) is 0 Å². The van der Waals surface area contributed by atoms with Crippen molar-refractivity contribution in [3.8, 4) is 11.3 Å². The second kappa shape index (κ2) is 7.94. The van der Waals surface area contributed by atoms with Crippen molar-refractivity contribution in [1.29, 1.82) is 0 Å². The van der Waals surface area contributed by atoms with Crippen molar-refractivity contribution in [2.75, 3.05) is 6.54 Å². The van der Waals surface area contributed by atoms with Crippen LogP contribution in [0.4, 0.5) is 0 Å². The van der Waals surface area contributed by atoms with Crippen LogP contribution < -0.4 is 29.3 Å². The van der Waals surface area contributed by atoms with Gasteiger partial charge in [-0.05, 0) is 47.7 Å². The van der Waals surface area contributed by atoms with Crippen molar-refractivity contribution in [3.63, 3.8) is 0 Å². The van der Waals surface area contributed by atoms with Crippen molar-refractivity contribution in [3.05, 3.63) is 70.2 Å². The van der Waals surface area contributed by atoms with Crippen LogP contribution in [0.25, 0.3) is 23.4 Å². The zero-order valence-electron chi connectivity index (χ0n) is 16.5. The molecule has 1 amide bonds. The summed E-state index contributed by atoms with van der Waals surface area (Å²) in [6, 6.07) is 8.54. The summed E-state index contributed by atoms with van der Waals surface area (Å²) in [4.78, 5) is 27.8. The minimum atomic E-state index is -1.20. The Morgan fingerprint density at radius 2 is 2.07 bits per heavy atom. The summed E-state index contributed by atoms with van der Waals surface area (Å²) in [5, 5.41) is 18.6. The first-order chi connectivity index (χ1) is 14.1. The number of carbonyl (C=O) groups excluding carboxylic acids is 2. The molecule has 0 saturated heterocycles. The third-order valence-electron chi connectivity index (χ3n) is 5.35. The molecular formula is C22H17LiN4O3. The van der Waals surface area contributed by atoms with Gasteiger partial charge in [0.05, 0.1) is 23.9 Å². The molecule has 0 spiro atoms. The Bertz CT molecular complexity index is 1200. The first-order valence-corrected chi connectivity index (χ1v) is 9.47. The van der Waals surface area contributed by atoms with Gasteiger partial charge in [0.1, 0.15) is 5.69 Å². The molecule has 3 aromatic rings. The van der Waals surface area contributed by atoms with E-state index in [4.69, 9.17) is 5.10 Å². The maximum atomic E-state index is 12.3. The van der Waals surface area contributed by atoms with Crippen LogP contribution in [-0.2, 0) is 19.4 Å². The molecule has 5 rings (SSSR count). The molecule has 0 bridgehead atoms. The summed E-state index contributed by atoms with van der Waals surface area (Å²) in [5.74, 6) is -1.26. The molecule has 1 aliphatic heterocycles. The van der Waals surface area contributed by atoms with E-state index in [1.807, 2.05) is 30.5 Å². The summed E-state index contributed by atoms with van der Waals surface area (Å²) in [5.41, 5.74) is 6.27. The van der Waals surface area contributed by atoms with E-state index < -0.39 is 5.97 Å². The number of nitrogens with zero attached hydrogens (tertiary/aromatic N) is 3. The molecule has 144 valence electrons. The summed E-state index contributed by atoms with van der Waals surface area (Å²) in [6.45, 7) is 1.27. The van der Waals surface area contributed by atoms with Crippen LogP contribution in [0.1, 0.15) is 43.2 Å². The minimum Gasteiger partial charge on any atom is -0.545 e. The minimum absolute atomic E-state index is 0. The third-order valence-corrected chi connectivity index (χ3v) is 5.35. The monoisotopic (exact) mass is 392 g/mol. The number of carboxylic acids is 1. The standard InChI is InChI=1S/C22H18N4O3.Li/c27-21-20-17-7-5-15-12-24-16(6-4-13-2-1-3-14(10-13)22(28)29)11-18(15)19(17)25-26(20)9-8-23-21;/h1-4,6,10-12H,5,7-9H2,(H,23,27)(H,28,29);/q;+1/p-1/b6-4+;. The molecule has 0 fully saturated rings. The van der Waals surface area contributed by atoms with Crippen LogP contribution in [0.3, 0.4) is 0 Å². The number of rotatable bonds is 3. The molecule has 0 radical (unpaired) electrons. The second-order valence-corrected chi connectivity index (χ2v) is 7.17. The predicted octanol–water partition coefficient (Wildman–Crippen LogP) is -1.67. The molecule has 0 saturated carbocycles. The normalized spacial score (nSPS) is 14.3. The molecule has 8 heteroatoms. The molecule has 0 atom stereocenters. The number of aromatic nitrogens is 3. The Kier molecular flexibility index (Phi) is 5.33. The smallest absolute Gasteiger partial charge is 0.545 e. The van der Waals surface area contributed by atoms with Gasteiger partial charge in [-0.3, -0.25) is 14.5 Å². The maximum Gasteiger partial charge on any atom is 1.00 e. The van der Waals surface area contributed by atoms with Crippen LogP contribution in [0, 0.1) is 0 Å². The second-order valence-electron chi connectivity index (χ2n) is 7.17. The van der Waals surface area contributed by atoms with Crippen molar-refractivity contribution in [2.45, 2.75) is 19.4 Å². The molecular weight excluding hydrogens is 375 g/mol. The first kappa shape index (κ1) is 20.1. The third kappa shape index (κ3) is 3.47. The number of benzene rings is 1. The number of amides is 1. The van der Waals surface area contributed by atoms with Crippen molar-refractivity contribution < 1.29 is 33.6 Å². The summed E-state index contributed by atoms with van der Waals surface area (Å²) in [7, 11) is 0. The van der Waals surface area contributed by atoms with Gasteiger partial charge in [-0.1, -0.05) is 24.3 Å². The SMILES string of the molecule is O=C([O-])c1cccc(/C=C/c2cc3c(cn2)CCc2c-3nn3c2C(=O)NCC3)c1.[Li+]. The fraction of sp³-hybridized carbons (Fsp3) is 0.182. The number of nitrogens with one attached hydrogen (secondary N) is 1. The molecule has 1 aliphatic carbocycles.